The first kappa shape index (κ1) is 21.6. The van der Waals surface area contributed by atoms with Crippen molar-refractivity contribution in [2.45, 2.75) is 33.6 Å². The molecule has 33 heavy (non-hydrogen) atoms. The van der Waals surface area contributed by atoms with Crippen molar-refractivity contribution >= 4 is 38.4 Å². The molecule has 3 heterocycles. The fourth-order valence-corrected chi connectivity index (χ4v) is 5.42. The Morgan fingerprint density at radius 3 is 2.82 bits per heavy atom. The Labute approximate surface area is 196 Å². The average molecular weight is 464 g/mol. The van der Waals surface area contributed by atoms with Gasteiger partial charge in [0.05, 0.1) is 22.0 Å². The highest BCUT2D eigenvalue weighted by Crippen LogP contribution is 2.34. The van der Waals surface area contributed by atoms with Gasteiger partial charge in [0.25, 0.3) is 0 Å². The minimum absolute atomic E-state index is 0.0508. The maximum atomic E-state index is 13.8. The van der Waals surface area contributed by atoms with Crippen LogP contribution in [0.4, 0.5) is 15.2 Å². The zero-order valence-corrected chi connectivity index (χ0v) is 19.7. The van der Waals surface area contributed by atoms with Crippen LogP contribution in [0.25, 0.3) is 16.0 Å². The summed E-state index contributed by atoms with van der Waals surface area (Å²) in [5.74, 6) is -0.361. The smallest absolute Gasteiger partial charge is 0.229 e. The molecule has 1 saturated heterocycles. The van der Waals surface area contributed by atoms with E-state index in [9.17, 15) is 9.18 Å². The molecule has 1 fully saturated rings. The molecule has 5 rings (SSSR count). The van der Waals surface area contributed by atoms with Crippen LogP contribution in [-0.2, 0) is 4.79 Å². The van der Waals surface area contributed by atoms with E-state index in [0.717, 1.165) is 51.8 Å². The van der Waals surface area contributed by atoms with E-state index in [0.29, 0.717) is 12.2 Å². The lowest BCUT2D eigenvalue weighted by Crippen LogP contribution is -2.40. The monoisotopic (exact) mass is 463 g/mol. The number of piperidine rings is 1. The third-order valence-electron chi connectivity index (χ3n) is 6.13. The van der Waals surface area contributed by atoms with E-state index in [2.05, 4.69) is 21.4 Å². The van der Waals surface area contributed by atoms with Crippen LogP contribution in [0.2, 0.25) is 0 Å². The molecule has 170 valence electrons. The number of hydrogen-bond acceptors (Lipinski definition) is 5. The van der Waals surface area contributed by atoms with Gasteiger partial charge < -0.3 is 10.2 Å². The van der Waals surface area contributed by atoms with Crippen molar-refractivity contribution in [3.63, 3.8) is 0 Å². The summed E-state index contributed by atoms with van der Waals surface area (Å²) in [6.45, 7) is 7.48. The first-order valence-electron chi connectivity index (χ1n) is 11.1. The SMILES string of the molecule is Cc1ccc(NC(=O)[C@H]2CCCN(c3nc4c(s3)c(C)nn4-c3cccc(F)c3)C2)c(C)c1. The average Bonchev–Trinajstić information content (AvgIpc) is 3.36. The van der Waals surface area contributed by atoms with Gasteiger partial charge in [-0.25, -0.2) is 9.07 Å². The standard InChI is InChI=1S/C25H26FN5OS/c1-15-9-10-21(16(2)12-15)27-24(32)18-6-5-11-30(14-18)25-28-23-22(33-25)17(3)29-31(23)20-8-4-7-19(26)13-20/h4,7-10,12-13,18H,5-6,11,14H2,1-3H3,(H,27,32)/t18-/m0/s1. The predicted molar refractivity (Wildman–Crippen MR) is 131 cm³/mol. The first-order valence-corrected chi connectivity index (χ1v) is 12.0. The highest BCUT2D eigenvalue weighted by molar-refractivity contribution is 7.22. The van der Waals surface area contributed by atoms with Gasteiger partial charge in [-0.15, -0.1) is 0 Å². The second-order valence-corrected chi connectivity index (χ2v) is 9.70. The van der Waals surface area contributed by atoms with Crippen molar-refractivity contribution in [2.24, 2.45) is 5.92 Å². The fraction of sp³-hybridized carbons (Fsp3) is 0.320. The third kappa shape index (κ3) is 4.23. The van der Waals surface area contributed by atoms with Crippen molar-refractivity contribution in [2.75, 3.05) is 23.3 Å². The molecule has 2 aromatic heterocycles. The number of nitrogens with zero attached hydrogens (tertiary/aromatic N) is 4. The van der Waals surface area contributed by atoms with Gasteiger partial charge in [-0.3, -0.25) is 4.79 Å². The van der Waals surface area contributed by atoms with Gasteiger partial charge in [-0.2, -0.15) is 10.1 Å². The molecule has 0 bridgehead atoms. The number of benzene rings is 2. The molecule has 1 amide bonds. The van der Waals surface area contributed by atoms with Gasteiger partial charge in [0.2, 0.25) is 5.91 Å². The van der Waals surface area contributed by atoms with Crippen molar-refractivity contribution in [3.05, 3.63) is 65.1 Å². The molecule has 0 spiro atoms. The number of aromatic nitrogens is 3. The second kappa shape index (κ2) is 8.59. The Morgan fingerprint density at radius 2 is 2.03 bits per heavy atom. The summed E-state index contributed by atoms with van der Waals surface area (Å²) < 4.78 is 16.4. The van der Waals surface area contributed by atoms with Crippen molar-refractivity contribution < 1.29 is 9.18 Å². The zero-order chi connectivity index (χ0) is 23.1. The van der Waals surface area contributed by atoms with Crippen LogP contribution in [0, 0.1) is 32.5 Å². The topological polar surface area (TPSA) is 63.1 Å². The summed E-state index contributed by atoms with van der Waals surface area (Å²) in [7, 11) is 0. The summed E-state index contributed by atoms with van der Waals surface area (Å²) in [4.78, 5) is 20.1. The maximum Gasteiger partial charge on any atom is 0.229 e. The number of anilines is 2. The molecule has 0 radical (unpaired) electrons. The lowest BCUT2D eigenvalue weighted by atomic mass is 9.97. The highest BCUT2D eigenvalue weighted by Gasteiger charge is 2.28. The molecule has 8 heteroatoms. The number of hydrogen-bond donors (Lipinski definition) is 1. The van der Waals surface area contributed by atoms with Gasteiger partial charge in [0.15, 0.2) is 10.8 Å². The minimum atomic E-state index is -0.307. The van der Waals surface area contributed by atoms with Gasteiger partial charge >= 0.3 is 0 Å². The van der Waals surface area contributed by atoms with Gasteiger partial charge in [0.1, 0.15) is 5.82 Å². The molecular formula is C25H26FN5OS. The van der Waals surface area contributed by atoms with Gasteiger partial charge in [0, 0.05) is 18.8 Å². The highest BCUT2D eigenvalue weighted by atomic mass is 32.1. The number of aryl methyl sites for hydroxylation is 3. The molecule has 0 aliphatic carbocycles. The lowest BCUT2D eigenvalue weighted by molar-refractivity contribution is -0.120. The van der Waals surface area contributed by atoms with E-state index in [1.165, 1.54) is 17.7 Å². The van der Waals surface area contributed by atoms with Crippen LogP contribution < -0.4 is 10.2 Å². The molecule has 6 nitrogen and oxygen atoms in total. The number of carbonyl (C=O) groups is 1. The Morgan fingerprint density at radius 1 is 1.18 bits per heavy atom. The molecule has 1 aliphatic heterocycles. The lowest BCUT2D eigenvalue weighted by Gasteiger charge is -2.31. The second-order valence-electron chi connectivity index (χ2n) is 8.72. The van der Waals surface area contributed by atoms with E-state index in [-0.39, 0.29) is 17.6 Å². The number of amides is 1. The summed E-state index contributed by atoms with van der Waals surface area (Å²) in [6, 6.07) is 12.4. The Hall–Kier alpha value is -3.26. The molecule has 2 aromatic carbocycles. The predicted octanol–water partition coefficient (Wildman–Crippen LogP) is 5.40. The molecule has 1 atom stereocenters. The number of fused-ring (bicyclic) bond motifs is 1. The van der Waals surface area contributed by atoms with Crippen LogP contribution in [0.1, 0.15) is 29.7 Å². The first-order chi connectivity index (χ1) is 15.9. The fourth-order valence-electron chi connectivity index (χ4n) is 4.40. The van der Waals surface area contributed by atoms with Crippen LogP contribution in [-0.4, -0.2) is 33.8 Å². The van der Waals surface area contributed by atoms with E-state index >= 15 is 0 Å². The van der Waals surface area contributed by atoms with E-state index in [4.69, 9.17) is 4.98 Å². The van der Waals surface area contributed by atoms with E-state index in [1.54, 1.807) is 22.1 Å². The molecule has 1 aliphatic rings. The quantitative estimate of drug-likeness (QED) is 0.440. The third-order valence-corrected chi connectivity index (χ3v) is 7.35. The summed E-state index contributed by atoms with van der Waals surface area (Å²) >= 11 is 1.58. The Bertz CT molecular complexity index is 1340. The van der Waals surface area contributed by atoms with Crippen LogP contribution in [0.5, 0.6) is 0 Å². The summed E-state index contributed by atoms with van der Waals surface area (Å²) in [5.41, 5.74) is 5.35. The van der Waals surface area contributed by atoms with Crippen molar-refractivity contribution in [3.8, 4) is 5.69 Å². The molecule has 0 saturated carbocycles. The maximum absolute atomic E-state index is 13.8. The van der Waals surface area contributed by atoms with Crippen LogP contribution in [0.3, 0.4) is 0 Å². The van der Waals surface area contributed by atoms with Crippen molar-refractivity contribution in [1.29, 1.82) is 0 Å². The zero-order valence-electron chi connectivity index (χ0n) is 18.9. The van der Waals surface area contributed by atoms with Crippen LogP contribution >= 0.6 is 11.3 Å². The number of carbonyl (C=O) groups excluding carboxylic acids is 1. The minimum Gasteiger partial charge on any atom is -0.347 e. The van der Waals surface area contributed by atoms with Crippen molar-refractivity contribution in [1.82, 2.24) is 14.8 Å². The number of nitrogens with one attached hydrogen (secondary N) is 1. The Balaban J connectivity index is 1.37. The van der Waals surface area contributed by atoms with Gasteiger partial charge in [-0.1, -0.05) is 35.1 Å². The van der Waals surface area contributed by atoms with Crippen LogP contribution in [0.15, 0.2) is 42.5 Å². The Kier molecular flexibility index (Phi) is 5.62. The molecule has 4 aromatic rings. The summed E-state index contributed by atoms with van der Waals surface area (Å²) in [5, 5.41) is 8.56. The number of halogens is 1. The largest absolute Gasteiger partial charge is 0.347 e. The van der Waals surface area contributed by atoms with E-state index in [1.807, 2.05) is 39.0 Å². The molecular weight excluding hydrogens is 437 g/mol. The number of rotatable bonds is 4. The normalized spacial score (nSPS) is 16.4. The van der Waals surface area contributed by atoms with E-state index < -0.39 is 0 Å². The molecule has 1 N–H and O–H groups in total. The number of thiazole rings is 1. The molecule has 0 unspecified atom stereocenters. The van der Waals surface area contributed by atoms with Gasteiger partial charge in [-0.05, 0) is 63.4 Å². The summed E-state index contributed by atoms with van der Waals surface area (Å²) in [6.07, 6.45) is 1.78.